The summed E-state index contributed by atoms with van der Waals surface area (Å²) in [6.07, 6.45) is 0.687. The van der Waals surface area contributed by atoms with Crippen molar-refractivity contribution in [3.05, 3.63) is 70.8 Å². The van der Waals surface area contributed by atoms with Crippen LogP contribution < -0.4 is 0 Å². The van der Waals surface area contributed by atoms with Crippen LogP contribution in [0, 0.1) is 6.92 Å². The fraction of sp³-hybridized carbons (Fsp3) is 0.333. The van der Waals surface area contributed by atoms with Crippen LogP contribution in [0.25, 0.3) is 0 Å². The van der Waals surface area contributed by atoms with Crippen LogP contribution in [0.1, 0.15) is 49.5 Å². The molecular formula is C24H25N3O4. The zero-order chi connectivity index (χ0) is 22.0. The molecule has 1 fully saturated rings. The molecule has 2 aliphatic heterocycles. The standard InChI is InChI=1S/C24H25N3O4/c1-17-8-10-18(11-9-17)22(29)26-15-13-25(14-16-26)21(28)7-4-12-27-23(30)19-5-2-3-6-20(19)24(27)31/h2-3,5-6,8-11H,4,7,12-16H2,1H3. The van der Waals surface area contributed by atoms with E-state index in [0.717, 1.165) is 5.56 Å². The molecule has 1 saturated heterocycles. The van der Waals surface area contributed by atoms with Gasteiger partial charge in [-0.05, 0) is 37.6 Å². The molecule has 7 nitrogen and oxygen atoms in total. The number of fused-ring (bicyclic) bond motifs is 1. The second-order valence-corrected chi connectivity index (χ2v) is 7.95. The Kier molecular flexibility index (Phi) is 5.84. The van der Waals surface area contributed by atoms with Crippen molar-refractivity contribution in [2.45, 2.75) is 19.8 Å². The smallest absolute Gasteiger partial charge is 0.261 e. The lowest BCUT2D eigenvalue weighted by Gasteiger charge is -2.35. The zero-order valence-electron chi connectivity index (χ0n) is 17.5. The van der Waals surface area contributed by atoms with Gasteiger partial charge < -0.3 is 9.80 Å². The van der Waals surface area contributed by atoms with E-state index in [2.05, 4.69) is 0 Å². The lowest BCUT2D eigenvalue weighted by molar-refractivity contribution is -0.132. The predicted octanol–water partition coefficient (Wildman–Crippen LogP) is 2.36. The molecule has 0 spiro atoms. The van der Waals surface area contributed by atoms with Gasteiger partial charge in [0.05, 0.1) is 11.1 Å². The molecular weight excluding hydrogens is 394 g/mol. The Balaban J connectivity index is 1.24. The maximum Gasteiger partial charge on any atom is 0.261 e. The van der Waals surface area contributed by atoms with E-state index >= 15 is 0 Å². The van der Waals surface area contributed by atoms with Gasteiger partial charge >= 0.3 is 0 Å². The van der Waals surface area contributed by atoms with Crippen LogP contribution in [-0.2, 0) is 4.79 Å². The molecule has 2 aromatic carbocycles. The van der Waals surface area contributed by atoms with Crippen molar-refractivity contribution in [1.82, 2.24) is 14.7 Å². The Morgan fingerprint density at radius 1 is 0.806 bits per heavy atom. The summed E-state index contributed by atoms with van der Waals surface area (Å²) in [7, 11) is 0. The lowest BCUT2D eigenvalue weighted by Crippen LogP contribution is -2.50. The van der Waals surface area contributed by atoms with Gasteiger partial charge in [-0.25, -0.2) is 0 Å². The Hall–Kier alpha value is -3.48. The molecule has 0 N–H and O–H groups in total. The SMILES string of the molecule is Cc1ccc(C(=O)N2CCN(C(=O)CCCN3C(=O)c4ccccc4C3=O)CC2)cc1. The molecule has 31 heavy (non-hydrogen) atoms. The first kappa shape index (κ1) is 20.8. The van der Waals surface area contributed by atoms with Crippen LogP contribution in [0.2, 0.25) is 0 Å². The minimum atomic E-state index is -0.295. The van der Waals surface area contributed by atoms with Crippen LogP contribution in [0.5, 0.6) is 0 Å². The number of piperazine rings is 1. The van der Waals surface area contributed by atoms with Gasteiger partial charge in [0.1, 0.15) is 0 Å². The highest BCUT2D eigenvalue weighted by Crippen LogP contribution is 2.22. The Morgan fingerprint density at radius 2 is 1.35 bits per heavy atom. The van der Waals surface area contributed by atoms with E-state index in [9.17, 15) is 19.2 Å². The van der Waals surface area contributed by atoms with Crippen LogP contribution in [0.3, 0.4) is 0 Å². The van der Waals surface area contributed by atoms with E-state index in [1.54, 1.807) is 34.1 Å². The van der Waals surface area contributed by atoms with E-state index in [1.807, 2.05) is 31.2 Å². The summed E-state index contributed by atoms with van der Waals surface area (Å²) < 4.78 is 0. The molecule has 0 saturated carbocycles. The first-order chi connectivity index (χ1) is 15.0. The van der Waals surface area contributed by atoms with Crippen LogP contribution in [0.15, 0.2) is 48.5 Å². The number of amides is 4. The Morgan fingerprint density at radius 3 is 1.94 bits per heavy atom. The third-order valence-electron chi connectivity index (χ3n) is 5.87. The highest BCUT2D eigenvalue weighted by atomic mass is 16.2. The quantitative estimate of drug-likeness (QED) is 0.697. The number of rotatable bonds is 5. The average Bonchev–Trinajstić information content (AvgIpc) is 3.04. The number of benzene rings is 2. The Bertz CT molecular complexity index is 988. The van der Waals surface area contributed by atoms with E-state index in [4.69, 9.17) is 0 Å². The highest BCUT2D eigenvalue weighted by Gasteiger charge is 2.34. The van der Waals surface area contributed by atoms with Crippen LogP contribution in [0.4, 0.5) is 0 Å². The monoisotopic (exact) mass is 419 g/mol. The summed E-state index contributed by atoms with van der Waals surface area (Å²) in [5.41, 5.74) is 2.61. The van der Waals surface area contributed by atoms with Gasteiger partial charge in [0.2, 0.25) is 5.91 Å². The van der Waals surface area contributed by atoms with Gasteiger partial charge in [-0.1, -0.05) is 29.8 Å². The highest BCUT2D eigenvalue weighted by molar-refractivity contribution is 6.21. The summed E-state index contributed by atoms with van der Waals surface area (Å²) >= 11 is 0. The van der Waals surface area contributed by atoms with E-state index in [-0.39, 0.29) is 36.6 Å². The van der Waals surface area contributed by atoms with Crippen molar-refractivity contribution in [2.75, 3.05) is 32.7 Å². The number of carbonyl (C=O) groups is 4. The van der Waals surface area contributed by atoms with Crippen molar-refractivity contribution < 1.29 is 19.2 Å². The number of carbonyl (C=O) groups excluding carboxylic acids is 4. The van der Waals surface area contributed by atoms with Gasteiger partial charge in [-0.2, -0.15) is 0 Å². The topological polar surface area (TPSA) is 78.0 Å². The molecule has 0 radical (unpaired) electrons. The number of nitrogens with zero attached hydrogens (tertiary/aromatic N) is 3. The second-order valence-electron chi connectivity index (χ2n) is 7.95. The van der Waals surface area contributed by atoms with E-state index in [0.29, 0.717) is 49.3 Å². The van der Waals surface area contributed by atoms with Crippen molar-refractivity contribution in [2.24, 2.45) is 0 Å². The average molecular weight is 419 g/mol. The van der Waals surface area contributed by atoms with E-state index in [1.165, 1.54) is 4.90 Å². The predicted molar refractivity (Wildman–Crippen MR) is 115 cm³/mol. The first-order valence-corrected chi connectivity index (χ1v) is 10.5. The maximum atomic E-state index is 12.6. The van der Waals surface area contributed by atoms with Crippen molar-refractivity contribution >= 4 is 23.6 Å². The zero-order valence-corrected chi connectivity index (χ0v) is 17.5. The molecule has 4 amide bonds. The molecule has 0 aromatic heterocycles. The summed E-state index contributed by atoms with van der Waals surface area (Å²) in [5, 5.41) is 0. The molecule has 7 heteroatoms. The van der Waals surface area contributed by atoms with E-state index < -0.39 is 0 Å². The normalized spacial score (nSPS) is 16.0. The first-order valence-electron chi connectivity index (χ1n) is 10.5. The van der Waals surface area contributed by atoms with Gasteiger partial charge in [0.15, 0.2) is 0 Å². The van der Waals surface area contributed by atoms with Crippen LogP contribution in [-0.4, -0.2) is 71.1 Å². The number of imide groups is 1. The molecule has 2 heterocycles. The fourth-order valence-electron chi connectivity index (χ4n) is 4.03. The van der Waals surface area contributed by atoms with Gasteiger partial charge in [-0.15, -0.1) is 0 Å². The third kappa shape index (κ3) is 4.21. The number of hydrogen-bond acceptors (Lipinski definition) is 4. The number of aryl methyl sites for hydroxylation is 1. The second kappa shape index (κ2) is 8.71. The Labute approximate surface area is 181 Å². The summed E-state index contributed by atoms with van der Waals surface area (Å²) in [5.74, 6) is -0.621. The molecule has 0 atom stereocenters. The molecule has 2 aromatic rings. The summed E-state index contributed by atoms with van der Waals surface area (Å²) in [4.78, 5) is 54.7. The molecule has 160 valence electrons. The van der Waals surface area contributed by atoms with Crippen LogP contribution >= 0.6 is 0 Å². The molecule has 2 aliphatic rings. The minimum Gasteiger partial charge on any atom is -0.339 e. The van der Waals surface area contributed by atoms with Gasteiger partial charge in [-0.3, -0.25) is 24.1 Å². The number of hydrogen-bond donors (Lipinski definition) is 0. The molecule has 0 unspecified atom stereocenters. The molecule has 4 rings (SSSR count). The van der Waals surface area contributed by atoms with Gasteiger partial charge in [0, 0.05) is 44.7 Å². The summed E-state index contributed by atoms with van der Waals surface area (Å²) in [6.45, 7) is 4.18. The minimum absolute atomic E-state index is 0.0148. The molecule has 0 bridgehead atoms. The largest absolute Gasteiger partial charge is 0.339 e. The van der Waals surface area contributed by atoms with Crippen molar-refractivity contribution in [3.8, 4) is 0 Å². The maximum absolute atomic E-state index is 12.6. The molecule has 0 aliphatic carbocycles. The van der Waals surface area contributed by atoms with Gasteiger partial charge in [0.25, 0.3) is 17.7 Å². The lowest BCUT2D eigenvalue weighted by atomic mass is 10.1. The summed E-state index contributed by atoms with van der Waals surface area (Å²) in [6, 6.07) is 14.3. The van der Waals surface area contributed by atoms with Crippen molar-refractivity contribution in [1.29, 1.82) is 0 Å². The fourth-order valence-corrected chi connectivity index (χ4v) is 4.03. The third-order valence-corrected chi connectivity index (χ3v) is 5.87. The van der Waals surface area contributed by atoms with Crippen molar-refractivity contribution in [3.63, 3.8) is 0 Å².